The van der Waals surface area contributed by atoms with Gasteiger partial charge in [-0.3, -0.25) is 4.79 Å². The normalized spacial score (nSPS) is 18.4. The average Bonchev–Trinajstić information content (AvgIpc) is 3.23. The van der Waals surface area contributed by atoms with Crippen molar-refractivity contribution in [1.82, 2.24) is 24.6 Å². The predicted molar refractivity (Wildman–Crippen MR) is 80.7 cm³/mol. The van der Waals surface area contributed by atoms with Crippen LogP contribution in [0.4, 0.5) is 0 Å². The summed E-state index contributed by atoms with van der Waals surface area (Å²) in [6, 6.07) is -0.115. The van der Waals surface area contributed by atoms with E-state index in [4.69, 9.17) is 4.52 Å². The van der Waals surface area contributed by atoms with E-state index in [2.05, 4.69) is 19.7 Å². The molecule has 1 amide bonds. The summed E-state index contributed by atoms with van der Waals surface area (Å²) < 4.78 is 9.19. The highest BCUT2D eigenvalue weighted by Crippen LogP contribution is 2.33. The van der Waals surface area contributed by atoms with Gasteiger partial charge in [-0.2, -0.15) is 4.98 Å². The molecule has 1 atom stereocenters. The Labute approximate surface area is 132 Å². The van der Waals surface area contributed by atoms with Crippen molar-refractivity contribution in [2.45, 2.75) is 52.0 Å². The van der Waals surface area contributed by atoms with Gasteiger partial charge in [0.05, 0.1) is 11.7 Å². The van der Waals surface area contributed by atoms with Gasteiger partial charge >= 0.3 is 0 Å². The molecule has 8 heteroatoms. The smallest absolute Gasteiger partial charge is 0.268 e. The fourth-order valence-corrected chi connectivity index (χ4v) is 3.34. The zero-order valence-corrected chi connectivity index (χ0v) is 13.8. The fraction of sp³-hybridized carbons (Fsp3) is 0.643. The van der Waals surface area contributed by atoms with Crippen LogP contribution in [0, 0.1) is 0 Å². The third-order valence-electron chi connectivity index (χ3n) is 3.85. The summed E-state index contributed by atoms with van der Waals surface area (Å²) in [5.41, 5.74) is 0.761. The van der Waals surface area contributed by atoms with Gasteiger partial charge in [0.2, 0.25) is 5.89 Å². The molecule has 0 bridgehead atoms. The Kier molecular flexibility index (Phi) is 4.19. The van der Waals surface area contributed by atoms with Gasteiger partial charge in [-0.05, 0) is 30.8 Å². The molecule has 0 spiro atoms. The molecule has 2 aromatic heterocycles. The first-order valence-corrected chi connectivity index (χ1v) is 8.34. The lowest BCUT2D eigenvalue weighted by atomic mass is 10.2. The van der Waals surface area contributed by atoms with Crippen LogP contribution in [0.1, 0.15) is 72.7 Å². The molecule has 0 unspecified atom stereocenters. The monoisotopic (exact) mass is 321 g/mol. The van der Waals surface area contributed by atoms with Gasteiger partial charge in [0.1, 0.15) is 4.88 Å². The van der Waals surface area contributed by atoms with Gasteiger partial charge in [0, 0.05) is 12.5 Å². The summed E-state index contributed by atoms with van der Waals surface area (Å²) >= 11 is 1.16. The minimum absolute atomic E-state index is 0.0229. The highest BCUT2D eigenvalue weighted by Gasteiger charge is 2.35. The van der Waals surface area contributed by atoms with Crippen molar-refractivity contribution in [1.29, 1.82) is 0 Å². The third-order valence-corrected chi connectivity index (χ3v) is 4.60. The van der Waals surface area contributed by atoms with E-state index in [-0.39, 0.29) is 17.9 Å². The maximum atomic E-state index is 12.8. The summed E-state index contributed by atoms with van der Waals surface area (Å²) in [7, 11) is 0. The second kappa shape index (κ2) is 6.12. The van der Waals surface area contributed by atoms with Crippen molar-refractivity contribution < 1.29 is 9.32 Å². The standard InChI is InChI=1S/C14H19N5O2S/c1-4-9-11(22-18-16-9)14(20)19-7-5-6-10(19)12-15-13(8(2)3)21-17-12/h8,10H,4-7H2,1-3H3/t10-/m1/s1. The molecule has 0 radical (unpaired) electrons. The summed E-state index contributed by atoms with van der Waals surface area (Å²) in [4.78, 5) is 19.7. The molecule has 0 aliphatic carbocycles. The Balaban J connectivity index is 1.85. The molecule has 1 aliphatic heterocycles. The first-order chi connectivity index (χ1) is 10.6. The molecule has 3 rings (SSSR count). The van der Waals surface area contributed by atoms with E-state index in [1.165, 1.54) is 0 Å². The number of likely N-dealkylation sites (tertiary alicyclic amines) is 1. The molecule has 118 valence electrons. The van der Waals surface area contributed by atoms with Crippen molar-refractivity contribution in [3.05, 3.63) is 22.3 Å². The van der Waals surface area contributed by atoms with Crippen molar-refractivity contribution in [3.8, 4) is 0 Å². The molecule has 3 heterocycles. The van der Waals surface area contributed by atoms with Gasteiger partial charge in [0.15, 0.2) is 5.82 Å². The van der Waals surface area contributed by atoms with Crippen LogP contribution in [0.5, 0.6) is 0 Å². The van der Waals surface area contributed by atoms with Gasteiger partial charge in [-0.15, -0.1) is 5.10 Å². The lowest BCUT2D eigenvalue weighted by Gasteiger charge is -2.21. The number of amides is 1. The van der Waals surface area contributed by atoms with Crippen LogP contribution in [-0.2, 0) is 6.42 Å². The Morgan fingerprint density at radius 2 is 2.32 bits per heavy atom. The number of hydrogen-bond donors (Lipinski definition) is 0. The van der Waals surface area contributed by atoms with Crippen LogP contribution in [0.25, 0.3) is 0 Å². The Morgan fingerprint density at radius 3 is 3.00 bits per heavy atom. The second-order valence-electron chi connectivity index (χ2n) is 5.70. The lowest BCUT2D eigenvalue weighted by Crippen LogP contribution is -2.31. The molecular weight excluding hydrogens is 302 g/mol. The Morgan fingerprint density at radius 1 is 1.50 bits per heavy atom. The molecule has 1 saturated heterocycles. The van der Waals surface area contributed by atoms with E-state index in [1.807, 2.05) is 25.7 Å². The van der Waals surface area contributed by atoms with Crippen molar-refractivity contribution >= 4 is 17.4 Å². The minimum Gasteiger partial charge on any atom is -0.339 e. The van der Waals surface area contributed by atoms with Gasteiger partial charge in [0.25, 0.3) is 5.91 Å². The molecule has 0 N–H and O–H groups in total. The van der Waals surface area contributed by atoms with Crippen LogP contribution in [0.15, 0.2) is 4.52 Å². The maximum Gasteiger partial charge on any atom is 0.268 e. The van der Waals surface area contributed by atoms with Gasteiger partial charge in [-0.1, -0.05) is 30.4 Å². The average molecular weight is 321 g/mol. The molecule has 2 aromatic rings. The van der Waals surface area contributed by atoms with Crippen LogP contribution in [0.3, 0.4) is 0 Å². The lowest BCUT2D eigenvalue weighted by molar-refractivity contribution is 0.0732. The molecule has 22 heavy (non-hydrogen) atoms. The van der Waals surface area contributed by atoms with E-state index < -0.39 is 0 Å². The molecule has 0 saturated carbocycles. The van der Waals surface area contributed by atoms with Crippen LogP contribution >= 0.6 is 11.5 Å². The summed E-state index contributed by atoms with van der Waals surface area (Å²) in [6.07, 6.45) is 2.50. The number of aryl methyl sites for hydroxylation is 1. The van der Waals surface area contributed by atoms with E-state index in [9.17, 15) is 4.79 Å². The molecule has 1 aliphatic rings. The first-order valence-electron chi connectivity index (χ1n) is 7.57. The zero-order chi connectivity index (χ0) is 15.7. The quantitative estimate of drug-likeness (QED) is 0.860. The number of carbonyl (C=O) groups excluding carboxylic acids is 1. The summed E-state index contributed by atoms with van der Waals surface area (Å²) in [5, 5.41) is 8.09. The van der Waals surface area contributed by atoms with Crippen LogP contribution < -0.4 is 0 Å². The molecule has 0 aromatic carbocycles. The van der Waals surface area contributed by atoms with Gasteiger partial charge < -0.3 is 9.42 Å². The SMILES string of the molecule is CCc1nnsc1C(=O)N1CCC[C@@H]1c1noc(C(C)C)n1. The van der Waals surface area contributed by atoms with E-state index in [0.29, 0.717) is 29.6 Å². The number of rotatable bonds is 4. The number of hydrogen-bond acceptors (Lipinski definition) is 7. The highest BCUT2D eigenvalue weighted by molar-refractivity contribution is 7.08. The number of nitrogens with zero attached hydrogens (tertiary/aromatic N) is 5. The van der Waals surface area contributed by atoms with Gasteiger partial charge in [-0.25, -0.2) is 0 Å². The zero-order valence-electron chi connectivity index (χ0n) is 12.9. The largest absolute Gasteiger partial charge is 0.339 e. The fourth-order valence-electron chi connectivity index (χ4n) is 2.63. The molecule has 7 nitrogen and oxygen atoms in total. The maximum absolute atomic E-state index is 12.8. The number of carbonyl (C=O) groups is 1. The van der Waals surface area contributed by atoms with Crippen molar-refractivity contribution in [2.75, 3.05) is 6.54 Å². The van der Waals surface area contributed by atoms with E-state index in [1.54, 1.807) is 0 Å². The predicted octanol–water partition coefficient (Wildman–Crippen LogP) is 2.58. The minimum atomic E-state index is -0.115. The van der Waals surface area contributed by atoms with E-state index in [0.717, 1.165) is 30.1 Å². The Bertz CT molecular complexity index is 666. The first kappa shape index (κ1) is 15.1. The molecular formula is C14H19N5O2S. The Hall–Kier alpha value is -1.83. The summed E-state index contributed by atoms with van der Waals surface area (Å²) in [6.45, 7) is 6.69. The van der Waals surface area contributed by atoms with Crippen LogP contribution in [0.2, 0.25) is 0 Å². The van der Waals surface area contributed by atoms with Crippen molar-refractivity contribution in [3.63, 3.8) is 0 Å². The second-order valence-corrected chi connectivity index (χ2v) is 6.46. The van der Waals surface area contributed by atoms with Crippen molar-refractivity contribution in [2.24, 2.45) is 0 Å². The highest BCUT2D eigenvalue weighted by atomic mass is 32.1. The van der Waals surface area contributed by atoms with Crippen LogP contribution in [-0.4, -0.2) is 37.1 Å². The number of aromatic nitrogens is 4. The third kappa shape index (κ3) is 2.63. The topological polar surface area (TPSA) is 85.0 Å². The van der Waals surface area contributed by atoms with E-state index >= 15 is 0 Å². The molecule has 1 fully saturated rings. The summed E-state index contributed by atoms with van der Waals surface area (Å²) in [5.74, 6) is 1.38.